The van der Waals surface area contributed by atoms with Gasteiger partial charge in [0, 0.05) is 49.9 Å². The van der Waals surface area contributed by atoms with E-state index in [1.807, 2.05) is 0 Å². The molecule has 3 saturated heterocycles. The van der Waals surface area contributed by atoms with Crippen LogP contribution < -0.4 is 10.5 Å². The predicted octanol–water partition coefficient (Wildman–Crippen LogP) is 3.22. The number of halogens is 1. The Bertz CT molecular complexity index is 860. The number of carbonyl (C=O) groups excluding carboxylic acids is 1. The number of rotatable bonds is 2. The lowest BCUT2D eigenvalue weighted by molar-refractivity contribution is -0.140. The summed E-state index contributed by atoms with van der Waals surface area (Å²) in [5.41, 5.74) is 6.80. The van der Waals surface area contributed by atoms with Gasteiger partial charge in [0.25, 0.3) is 0 Å². The van der Waals surface area contributed by atoms with Crippen molar-refractivity contribution in [2.75, 3.05) is 26.2 Å². The van der Waals surface area contributed by atoms with Gasteiger partial charge in [-0.05, 0) is 49.4 Å². The van der Waals surface area contributed by atoms with Gasteiger partial charge in [0.05, 0.1) is 0 Å². The zero-order valence-electron chi connectivity index (χ0n) is 17.6. The van der Waals surface area contributed by atoms with Gasteiger partial charge >= 0.3 is 0 Å². The molecule has 0 aromatic heterocycles. The van der Waals surface area contributed by atoms with Crippen LogP contribution in [0.2, 0.25) is 11.6 Å². The van der Waals surface area contributed by atoms with Gasteiger partial charge in [0.2, 0.25) is 12.8 Å². The zero-order chi connectivity index (χ0) is 20.5. The number of benzene rings is 1. The van der Waals surface area contributed by atoms with Crippen LogP contribution in [0.4, 0.5) is 4.39 Å². The molecular formula is C23H31BFN3O2. The fourth-order valence-corrected chi connectivity index (χ4v) is 6.39. The van der Waals surface area contributed by atoms with Crippen LogP contribution in [0.1, 0.15) is 56.6 Å². The van der Waals surface area contributed by atoms with Crippen molar-refractivity contribution in [3.05, 3.63) is 29.6 Å². The highest BCUT2D eigenvalue weighted by molar-refractivity contribution is 6.73. The van der Waals surface area contributed by atoms with E-state index in [2.05, 4.69) is 9.71 Å². The third-order valence-corrected chi connectivity index (χ3v) is 8.63. The highest BCUT2D eigenvalue weighted by Gasteiger charge is 2.67. The molecular weight excluding hydrogens is 380 g/mol. The highest BCUT2D eigenvalue weighted by atomic mass is 19.1. The number of fused-ring (bicyclic) bond motifs is 1. The molecule has 4 fully saturated rings. The molecule has 7 heteroatoms. The maximum atomic E-state index is 13.6. The highest BCUT2D eigenvalue weighted by Crippen LogP contribution is 2.74. The normalized spacial score (nSPS) is 29.6. The Morgan fingerprint density at radius 3 is 2.53 bits per heavy atom. The summed E-state index contributed by atoms with van der Waals surface area (Å²) in [7, 11) is 0. The second kappa shape index (κ2) is 6.70. The van der Waals surface area contributed by atoms with Gasteiger partial charge in [-0.25, -0.2) is 4.39 Å². The summed E-state index contributed by atoms with van der Waals surface area (Å²) in [4.78, 5) is 17.9. The summed E-state index contributed by atoms with van der Waals surface area (Å²) in [5, 5.41) is 0.712. The van der Waals surface area contributed by atoms with E-state index in [9.17, 15) is 9.18 Å². The topological polar surface area (TPSA) is 58.8 Å². The molecule has 5 aliphatic rings. The molecule has 5 nitrogen and oxygen atoms in total. The van der Waals surface area contributed by atoms with Crippen molar-refractivity contribution in [2.45, 2.75) is 68.2 Å². The molecule has 4 aliphatic heterocycles. The summed E-state index contributed by atoms with van der Waals surface area (Å²) in [6.45, 7) is 4.47. The number of piperidine rings is 2. The first-order valence-corrected chi connectivity index (χ1v) is 11.7. The number of likely N-dealkylation sites (tertiary alicyclic amines) is 1. The molecule has 30 heavy (non-hydrogen) atoms. The Balaban J connectivity index is 1.05. The van der Waals surface area contributed by atoms with Gasteiger partial charge in [-0.3, -0.25) is 4.79 Å². The van der Waals surface area contributed by atoms with Crippen molar-refractivity contribution in [1.82, 2.24) is 9.71 Å². The van der Waals surface area contributed by atoms with E-state index in [4.69, 9.17) is 10.5 Å². The van der Waals surface area contributed by atoms with Crippen LogP contribution in [0.5, 0.6) is 5.75 Å². The average Bonchev–Trinajstić information content (AvgIpc) is 3.68. The van der Waals surface area contributed by atoms with Gasteiger partial charge in [0.15, 0.2) is 0 Å². The number of carbonyl (C=O) groups is 1. The molecule has 1 unspecified atom stereocenters. The number of nitrogens with zero attached hydrogens (tertiary/aromatic N) is 2. The minimum absolute atomic E-state index is 0.183. The van der Waals surface area contributed by atoms with E-state index in [1.54, 1.807) is 6.07 Å². The predicted molar refractivity (Wildman–Crippen MR) is 114 cm³/mol. The Morgan fingerprint density at radius 2 is 1.87 bits per heavy atom. The van der Waals surface area contributed by atoms with Crippen LogP contribution in [-0.2, 0) is 4.79 Å². The van der Waals surface area contributed by atoms with Crippen LogP contribution >= 0.6 is 0 Å². The maximum Gasteiger partial charge on any atom is 0.228 e. The van der Waals surface area contributed by atoms with Gasteiger partial charge < -0.3 is 20.2 Å². The van der Waals surface area contributed by atoms with Gasteiger partial charge in [0.1, 0.15) is 17.2 Å². The average molecular weight is 411 g/mol. The molecule has 4 heterocycles. The van der Waals surface area contributed by atoms with E-state index in [0.717, 1.165) is 64.3 Å². The molecule has 160 valence electrons. The van der Waals surface area contributed by atoms with Crippen molar-refractivity contribution in [3.63, 3.8) is 0 Å². The lowest BCUT2D eigenvalue weighted by Crippen LogP contribution is -2.54. The molecule has 0 radical (unpaired) electrons. The Kier molecular flexibility index (Phi) is 4.27. The molecule has 1 aromatic rings. The van der Waals surface area contributed by atoms with Crippen LogP contribution in [0, 0.1) is 11.7 Å². The number of amides is 1. The molecule has 1 aromatic carbocycles. The molecule has 6 rings (SSSR count). The first kappa shape index (κ1) is 19.1. The van der Waals surface area contributed by atoms with Gasteiger partial charge in [-0.15, -0.1) is 0 Å². The molecule has 2 N–H and O–H groups in total. The van der Waals surface area contributed by atoms with Crippen molar-refractivity contribution in [3.8, 4) is 5.75 Å². The summed E-state index contributed by atoms with van der Waals surface area (Å²) in [6.07, 6.45) is 8.55. The summed E-state index contributed by atoms with van der Waals surface area (Å²) in [5.74, 6) is 0.950. The Labute approximate surface area is 178 Å². The van der Waals surface area contributed by atoms with Crippen LogP contribution in [0.15, 0.2) is 18.2 Å². The Hall–Kier alpha value is -1.60. The fourth-order valence-electron chi connectivity index (χ4n) is 6.39. The minimum Gasteiger partial charge on any atom is -0.487 e. The van der Waals surface area contributed by atoms with Crippen molar-refractivity contribution < 1.29 is 13.9 Å². The first-order chi connectivity index (χ1) is 14.5. The first-order valence-electron chi connectivity index (χ1n) is 11.7. The van der Waals surface area contributed by atoms with Crippen molar-refractivity contribution >= 4 is 12.8 Å². The molecule has 0 bridgehead atoms. The lowest BCUT2D eigenvalue weighted by atomic mass is 9.75. The monoisotopic (exact) mass is 411 g/mol. The third-order valence-electron chi connectivity index (χ3n) is 8.63. The maximum absolute atomic E-state index is 13.6. The second-order valence-corrected chi connectivity index (χ2v) is 10.5. The molecule has 1 atom stereocenters. The Morgan fingerprint density at radius 1 is 1.13 bits per heavy atom. The summed E-state index contributed by atoms with van der Waals surface area (Å²) >= 11 is 0. The molecule has 2 spiro atoms. The largest absolute Gasteiger partial charge is 0.487 e. The second-order valence-electron chi connectivity index (χ2n) is 10.5. The van der Waals surface area contributed by atoms with Gasteiger partial charge in [-0.2, -0.15) is 0 Å². The summed E-state index contributed by atoms with van der Waals surface area (Å²) < 4.78 is 19.9. The fraction of sp³-hybridized carbons (Fsp3) is 0.696. The van der Waals surface area contributed by atoms with E-state index in [0.29, 0.717) is 23.4 Å². The quantitative estimate of drug-likeness (QED) is 0.760. The summed E-state index contributed by atoms with van der Waals surface area (Å²) in [6, 6.07) is 4.41. The zero-order valence-corrected chi connectivity index (χ0v) is 17.6. The third kappa shape index (κ3) is 3.16. The van der Waals surface area contributed by atoms with Crippen LogP contribution in [-0.4, -0.2) is 54.2 Å². The standard InChI is InChI=1S/C23H31BFN3O2/c25-17-1-2-20-18(13-17)19(26)14-23(30-20)7-11-27(12-8-23)21(29)16-3-9-28(10-4-16)24-15-22(24)5-6-22/h1-2,13,16,19H,3-12,14-15,26H2. The van der Waals surface area contributed by atoms with E-state index >= 15 is 0 Å². The van der Waals surface area contributed by atoms with E-state index < -0.39 is 0 Å². The minimum atomic E-state index is -0.324. The van der Waals surface area contributed by atoms with Crippen LogP contribution in [0.25, 0.3) is 0 Å². The smallest absolute Gasteiger partial charge is 0.228 e. The van der Waals surface area contributed by atoms with E-state index in [1.165, 1.54) is 31.3 Å². The number of hydrogen-bond acceptors (Lipinski definition) is 4. The van der Waals surface area contributed by atoms with Crippen molar-refractivity contribution in [1.29, 1.82) is 0 Å². The van der Waals surface area contributed by atoms with Crippen LogP contribution in [0.3, 0.4) is 0 Å². The molecule has 1 amide bonds. The number of hydrogen-bond donors (Lipinski definition) is 1. The SMILES string of the molecule is NC1CC2(CCN(C(=O)C3CCN(B4CC45CC5)CC3)CC2)Oc2ccc(F)cc21. The van der Waals surface area contributed by atoms with Crippen molar-refractivity contribution in [2.24, 2.45) is 11.7 Å². The number of nitrogens with two attached hydrogens (primary N) is 1. The number of ether oxygens (including phenoxy) is 1. The lowest BCUT2D eigenvalue weighted by Gasteiger charge is -2.47. The van der Waals surface area contributed by atoms with Gasteiger partial charge in [-0.1, -0.05) is 19.2 Å². The van der Waals surface area contributed by atoms with E-state index in [-0.39, 0.29) is 23.4 Å². The molecule has 1 saturated carbocycles. The molecule has 1 aliphatic carbocycles.